The first-order valence-electron chi connectivity index (χ1n) is 4.99. The number of piperidine rings is 1. The fraction of sp³-hybridized carbons (Fsp3) is 0.545. The molecule has 0 radical (unpaired) electrons. The maximum Gasteiger partial charge on any atom is 0.0299 e. The average molecular weight is 176 g/mol. The van der Waals surface area contributed by atoms with Gasteiger partial charge in [-0.05, 0) is 49.4 Å². The Kier molecular flexibility index (Phi) is 2.60. The first-order valence-corrected chi connectivity index (χ1v) is 4.99. The van der Waals surface area contributed by atoms with Crippen molar-refractivity contribution in [2.45, 2.75) is 25.7 Å². The lowest BCUT2D eigenvalue weighted by Gasteiger charge is -2.24. The van der Waals surface area contributed by atoms with Crippen molar-refractivity contribution in [3.63, 3.8) is 0 Å². The quantitative estimate of drug-likeness (QED) is 0.706. The normalized spacial score (nSPS) is 23.0. The molecule has 1 aliphatic heterocycles. The van der Waals surface area contributed by atoms with Crippen LogP contribution >= 0.6 is 0 Å². The largest absolute Gasteiger partial charge is 0.316 e. The van der Waals surface area contributed by atoms with E-state index in [9.17, 15) is 0 Å². The molecule has 2 heteroatoms. The van der Waals surface area contributed by atoms with Gasteiger partial charge in [0.1, 0.15) is 0 Å². The monoisotopic (exact) mass is 176 g/mol. The van der Waals surface area contributed by atoms with Gasteiger partial charge in [0.05, 0.1) is 0 Å². The Labute approximate surface area is 79.4 Å². The van der Waals surface area contributed by atoms with E-state index in [4.69, 9.17) is 0 Å². The summed E-state index contributed by atoms with van der Waals surface area (Å²) in [7, 11) is 0. The topological polar surface area (TPSA) is 24.9 Å². The molecule has 0 aliphatic carbocycles. The zero-order chi connectivity index (χ0) is 9.10. The Morgan fingerprint density at radius 3 is 3.15 bits per heavy atom. The Hall–Kier alpha value is -0.890. The molecule has 0 saturated carbocycles. The zero-order valence-electron chi connectivity index (χ0n) is 8.09. The van der Waals surface area contributed by atoms with E-state index in [1.54, 1.807) is 0 Å². The first-order chi connectivity index (χ1) is 6.38. The molecule has 0 spiro atoms. The SMILES string of the molecule is Cc1cnccc1C1CCCNC1. The van der Waals surface area contributed by atoms with Crippen LogP contribution in [0, 0.1) is 6.92 Å². The van der Waals surface area contributed by atoms with E-state index in [1.165, 1.54) is 30.5 Å². The lowest BCUT2D eigenvalue weighted by Crippen LogP contribution is -2.28. The van der Waals surface area contributed by atoms with Gasteiger partial charge in [-0.15, -0.1) is 0 Å². The van der Waals surface area contributed by atoms with E-state index >= 15 is 0 Å². The molecule has 2 rings (SSSR count). The number of rotatable bonds is 1. The van der Waals surface area contributed by atoms with Crippen LogP contribution in [0.2, 0.25) is 0 Å². The van der Waals surface area contributed by atoms with Gasteiger partial charge in [-0.3, -0.25) is 4.98 Å². The summed E-state index contributed by atoms with van der Waals surface area (Å²) < 4.78 is 0. The van der Waals surface area contributed by atoms with Crippen molar-refractivity contribution in [2.24, 2.45) is 0 Å². The molecule has 1 aromatic heterocycles. The maximum atomic E-state index is 4.12. The lowest BCUT2D eigenvalue weighted by molar-refractivity contribution is 0.460. The van der Waals surface area contributed by atoms with Crippen LogP contribution in [0.1, 0.15) is 29.9 Å². The van der Waals surface area contributed by atoms with Gasteiger partial charge >= 0.3 is 0 Å². The van der Waals surface area contributed by atoms with E-state index in [2.05, 4.69) is 23.3 Å². The molecule has 1 aliphatic rings. The van der Waals surface area contributed by atoms with Crippen molar-refractivity contribution < 1.29 is 0 Å². The number of pyridine rings is 1. The summed E-state index contributed by atoms with van der Waals surface area (Å²) in [5.74, 6) is 0.705. The van der Waals surface area contributed by atoms with E-state index in [0.29, 0.717) is 5.92 Å². The third kappa shape index (κ3) is 1.89. The summed E-state index contributed by atoms with van der Waals surface area (Å²) >= 11 is 0. The minimum absolute atomic E-state index is 0.705. The molecular weight excluding hydrogens is 160 g/mol. The third-order valence-corrected chi connectivity index (χ3v) is 2.80. The van der Waals surface area contributed by atoms with E-state index < -0.39 is 0 Å². The molecular formula is C11H16N2. The molecule has 1 saturated heterocycles. The maximum absolute atomic E-state index is 4.12. The molecule has 2 nitrogen and oxygen atoms in total. The van der Waals surface area contributed by atoms with Crippen molar-refractivity contribution in [1.29, 1.82) is 0 Å². The molecule has 0 amide bonds. The highest BCUT2D eigenvalue weighted by Crippen LogP contribution is 2.24. The van der Waals surface area contributed by atoms with Crippen LogP contribution in [0.3, 0.4) is 0 Å². The van der Waals surface area contributed by atoms with Crippen LogP contribution in [0.25, 0.3) is 0 Å². The van der Waals surface area contributed by atoms with E-state index in [1.807, 2.05) is 12.4 Å². The van der Waals surface area contributed by atoms with Crippen LogP contribution in [0.5, 0.6) is 0 Å². The fourth-order valence-electron chi connectivity index (χ4n) is 2.06. The Morgan fingerprint density at radius 1 is 1.54 bits per heavy atom. The molecule has 1 N–H and O–H groups in total. The molecule has 1 aromatic rings. The van der Waals surface area contributed by atoms with Gasteiger partial charge in [0, 0.05) is 18.9 Å². The highest BCUT2D eigenvalue weighted by atomic mass is 14.9. The average Bonchev–Trinajstić information content (AvgIpc) is 2.20. The van der Waals surface area contributed by atoms with Crippen LogP contribution < -0.4 is 5.32 Å². The second-order valence-electron chi connectivity index (χ2n) is 3.78. The molecule has 0 bridgehead atoms. The third-order valence-electron chi connectivity index (χ3n) is 2.80. The summed E-state index contributed by atoms with van der Waals surface area (Å²) in [6, 6.07) is 2.16. The number of aromatic nitrogens is 1. The van der Waals surface area contributed by atoms with Crippen LogP contribution in [-0.4, -0.2) is 18.1 Å². The van der Waals surface area contributed by atoms with Crippen molar-refractivity contribution in [3.8, 4) is 0 Å². The molecule has 1 atom stereocenters. The lowest BCUT2D eigenvalue weighted by atomic mass is 9.90. The highest BCUT2D eigenvalue weighted by Gasteiger charge is 2.16. The minimum atomic E-state index is 0.705. The standard InChI is InChI=1S/C11H16N2/c1-9-7-13-6-4-11(9)10-3-2-5-12-8-10/h4,6-7,10,12H,2-3,5,8H2,1H3. The second-order valence-corrected chi connectivity index (χ2v) is 3.78. The zero-order valence-corrected chi connectivity index (χ0v) is 8.09. The van der Waals surface area contributed by atoms with Crippen LogP contribution in [0.4, 0.5) is 0 Å². The van der Waals surface area contributed by atoms with Crippen molar-refractivity contribution >= 4 is 0 Å². The van der Waals surface area contributed by atoms with Crippen molar-refractivity contribution in [3.05, 3.63) is 29.6 Å². The van der Waals surface area contributed by atoms with Gasteiger partial charge in [0.15, 0.2) is 0 Å². The predicted octanol–water partition coefficient (Wildman–Crippen LogP) is 1.86. The van der Waals surface area contributed by atoms with E-state index in [0.717, 1.165) is 6.54 Å². The Morgan fingerprint density at radius 2 is 2.46 bits per heavy atom. The fourth-order valence-corrected chi connectivity index (χ4v) is 2.06. The highest BCUT2D eigenvalue weighted by molar-refractivity contribution is 5.26. The molecule has 0 aromatic carbocycles. The number of nitrogens with one attached hydrogen (secondary N) is 1. The Bertz CT molecular complexity index is 277. The van der Waals surface area contributed by atoms with Gasteiger partial charge in [-0.2, -0.15) is 0 Å². The minimum Gasteiger partial charge on any atom is -0.316 e. The molecule has 70 valence electrons. The summed E-state index contributed by atoms with van der Waals surface area (Å²) in [5.41, 5.74) is 2.80. The molecule has 13 heavy (non-hydrogen) atoms. The van der Waals surface area contributed by atoms with E-state index in [-0.39, 0.29) is 0 Å². The summed E-state index contributed by atoms with van der Waals surface area (Å²) in [5, 5.41) is 3.44. The summed E-state index contributed by atoms with van der Waals surface area (Å²) in [6.07, 6.45) is 6.48. The molecule has 1 unspecified atom stereocenters. The smallest absolute Gasteiger partial charge is 0.0299 e. The van der Waals surface area contributed by atoms with Gasteiger partial charge in [-0.1, -0.05) is 0 Å². The van der Waals surface area contributed by atoms with Gasteiger partial charge in [0.2, 0.25) is 0 Å². The van der Waals surface area contributed by atoms with Crippen molar-refractivity contribution in [1.82, 2.24) is 10.3 Å². The number of hydrogen-bond acceptors (Lipinski definition) is 2. The van der Waals surface area contributed by atoms with Gasteiger partial charge < -0.3 is 5.32 Å². The second kappa shape index (κ2) is 3.88. The molecule has 1 fully saturated rings. The number of aryl methyl sites for hydroxylation is 1. The summed E-state index contributed by atoms with van der Waals surface area (Å²) in [6.45, 7) is 4.46. The van der Waals surface area contributed by atoms with Crippen molar-refractivity contribution in [2.75, 3.05) is 13.1 Å². The number of hydrogen-bond donors (Lipinski definition) is 1. The molecule has 2 heterocycles. The number of nitrogens with zero attached hydrogens (tertiary/aromatic N) is 1. The predicted molar refractivity (Wildman–Crippen MR) is 53.8 cm³/mol. The van der Waals surface area contributed by atoms with Crippen LogP contribution in [-0.2, 0) is 0 Å². The first kappa shape index (κ1) is 8.70. The van der Waals surface area contributed by atoms with Crippen LogP contribution in [0.15, 0.2) is 18.5 Å². The summed E-state index contributed by atoms with van der Waals surface area (Å²) in [4.78, 5) is 4.12. The van der Waals surface area contributed by atoms with Gasteiger partial charge in [0.25, 0.3) is 0 Å². The van der Waals surface area contributed by atoms with Gasteiger partial charge in [-0.25, -0.2) is 0 Å². The Balaban J connectivity index is 2.18.